The monoisotopic (exact) mass is 820 g/mol. The Bertz CT molecular complexity index is 2160. The normalized spacial score (nSPS) is 22.1. The van der Waals surface area contributed by atoms with Gasteiger partial charge in [-0.3, -0.25) is 0 Å². The Morgan fingerprint density at radius 2 is 1.66 bits per heavy atom. The van der Waals surface area contributed by atoms with Gasteiger partial charge in [-0.2, -0.15) is 0 Å². The zero-order valence-electron chi connectivity index (χ0n) is 41.0. The van der Waals surface area contributed by atoms with Gasteiger partial charge in [-0.15, -0.1) is 0 Å². The van der Waals surface area contributed by atoms with Crippen LogP contribution < -0.4 is 15.7 Å². The van der Waals surface area contributed by atoms with Crippen LogP contribution >= 0.6 is 0 Å². The zero-order chi connectivity index (χ0) is 44.5. The summed E-state index contributed by atoms with van der Waals surface area (Å²) in [7, 11) is 2.43. The Balaban J connectivity index is 1.56. The highest BCUT2D eigenvalue weighted by Gasteiger charge is 2.46. The Kier molecular flexibility index (Phi) is 14.1. The number of hydrogen-bond acceptors (Lipinski definition) is 3. The van der Waals surface area contributed by atoms with Crippen molar-refractivity contribution in [2.24, 2.45) is 11.8 Å². The fraction of sp³-hybridized carbons (Fsp3) is 0.544. The molecule has 3 unspecified atom stereocenters. The molecule has 0 saturated heterocycles. The molecule has 3 atom stereocenters. The lowest BCUT2D eigenvalue weighted by atomic mass is 9.56. The molecule has 0 aliphatic heterocycles. The molecule has 1 radical (unpaired) electrons. The molecule has 4 heteroatoms. The van der Waals surface area contributed by atoms with Crippen molar-refractivity contribution in [2.75, 3.05) is 10.2 Å². The highest BCUT2D eigenvalue weighted by Crippen LogP contribution is 2.49. The molecule has 1 aromatic heterocycles. The molecule has 327 valence electrons. The minimum atomic E-state index is -0.0755. The fourth-order valence-electron chi connectivity index (χ4n) is 10.1. The third kappa shape index (κ3) is 10.5. The average molecular weight is 820 g/mol. The summed E-state index contributed by atoms with van der Waals surface area (Å²) in [6, 6.07) is 7.19. The molecule has 1 heterocycles. The lowest BCUT2D eigenvalue weighted by Crippen LogP contribution is -2.48. The van der Waals surface area contributed by atoms with Crippen molar-refractivity contribution < 1.29 is 4.42 Å². The maximum atomic E-state index is 7.60. The van der Waals surface area contributed by atoms with Crippen LogP contribution in [-0.4, -0.2) is 19.4 Å². The first-order valence-corrected chi connectivity index (χ1v) is 23.8. The summed E-state index contributed by atoms with van der Waals surface area (Å²) in [5.74, 6) is 3.40. The van der Waals surface area contributed by atoms with E-state index in [1.54, 1.807) is 0 Å². The second-order valence-electron chi connectivity index (χ2n) is 22.4. The van der Waals surface area contributed by atoms with Crippen LogP contribution in [0.3, 0.4) is 0 Å². The third-order valence-corrected chi connectivity index (χ3v) is 13.9. The second-order valence-corrected chi connectivity index (χ2v) is 22.4. The molecule has 0 spiro atoms. The predicted octanol–water partition coefficient (Wildman–Crippen LogP) is 15.1. The van der Waals surface area contributed by atoms with Gasteiger partial charge < -0.3 is 14.6 Å². The summed E-state index contributed by atoms with van der Waals surface area (Å²) in [5, 5.41) is 3.92. The van der Waals surface area contributed by atoms with Crippen molar-refractivity contribution in [3.05, 3.63) is 135 Å². The van der Waals surface area contributed by atoms with E-state index in [0.717, 1.165) is 61.6 Å². The van der Waals surface area contributed by atoms with Crippen LogP contribution in [0.2, 0.25) is 0 Å². The summed E-state index contributed by atoms with van der Waals surface area (Å²) in [5.41, 5.74) is 13.3. The summed E-state index contributed by atoms with van der Waals surface area (Å²) in [4.78, 5) is 2.73. The number of furan rings is 1. The van der Waals surface area contributed by atoms with Gasteiger partial charge >= 0.3 is 0 Å². The minimum Gasteiger partial charge on any atom is -0.445 e. The molecular weight excluding hydrogens is 739 g/mol. The van der Waals surface area contributed by atoms with Crippen molar-refractivity contribution in [3.63, 3.8) is 0 Å². The van der Waals surface area contributed by atoms with Crippen molar-refractivity contribution >= 4 is 24.3 Å². The number of allylic oxidation sites excluding steroid dienone is 10. The van der Waals surface area contributed by atoms with Gasteiger partial charge in [0.1, 0.15) is 5.76 Å². The largest absolute Gasteiger partial charge is 0.445 e. The van der Waals surface area contributed by atoms with Gasteiger partial charge in [-0.1, -0.05) is 163 Å². The van der Waals surface area contributed by atoms with Crippen molar-refractivity contribution in [2.45, 2.75) is 189 Å². The Morgan fingerprint density at radius 3 is 2.30 bits per heavy atom. The molecule has 6 rings (SSSR count). The van der Waals surface area contributed by atoms with E-state index in [0.29, 0.717) is 11.8 Å². The number of fused-ring (bicyclic) bond motifs is 1. The van der Waals surface area contributed by atoms with E-state index in [4.69, 9.17) is 4.42 Å². The van der Waals surface area contributed by atoms with E-state index in [1.165, 1.54) is 57.2 Å². The number of nitrogens with zero attached hydrogens (tertiary/aromatic N) is 1. The van der Waals surface area contributed by atoms with Gasteiger partial charge in [0.05, 0.1) is 12.1 Å². The standard InChI is InChI=1S/C57H80BN2O/c1-16-22-42(17-2)58-51-50-52(57(14,15)34-33-56(50,12)13)61-53(51)60(49-32-29-41(39(5)28-27-38(3)4)35-46(49)40-23-19-18-20-24-40)45-26-21-25-43(36-45)59-44-30-31-47(54(6,7)8)48(37-44)55(9,10)11/h16-19,21-23,25,29-31,35-39,45,49,59H,20,24,26-28,32-34H2,1-15H3/b22-16-,42-17+. The van der Waals surface area contributed by atoms with E-state index in [2.05, 4.69) is 206 Å². The molecule has 4 aliphatic carbocycles. The maximum Gasteiger partial charge on any atom is 0.198 e. The van der Waals surface area contributed by atoms with Crippen molar-refractivity contribution in [1.29, 1.82) is 0 Å². The third-order valence-electron chi connectivity index (χ3n) is 13.9. The lowest BCUT2D eigenvalue weighted by molar-refractivity contribution is 0.277. The van der Waals surface area contributed by atoms with Gasteiger partial charge in [0.15, 0.2) is 13.2 Å². The SMILES string of the molecule is C/C=C\C([B]c1c(N(C2C=C(Nc3ccc(C(C)(C)C)c(C(C)(C)C)c3)C=CC2)C2CC=C(C(C)CCC(C)C)C=C2C2=CC=CCC2)oc2c1C(C)(C)CCC2(C)C)=C/C. The van der Waals surface area contributed by atoms with Gasteiger partial charge in [0, 0.05) is 16.8 Å². The number of benzene rings is 1. The van der Waals surface area contributed by atoms with Crippen LogP contribution in [0.25, 0.3) is 0 Å². The van der Waals surface area contributed by atoms with E-state index in [1.807, 2.05) is 0 Å². The summed E-state index contributed by atoms with van der Waals surface area (Å²) in [6.45, 7) is 35.1. The fourth-order valence-corrected chi connectivity index (χ4v) is 10.1. The smallest absolute Gasteiger partial charge is 0.198 e. The molecule has 1 N–H and O–H groups in total. The maximum absolute atomic E-state index is 7.60. The molecule has 2 aromatic rings. The quantitative estimate of drug-likeness (QED) is 0.161. The number of hydrogen-bond donors (Lipinski definition) is 1. The molecule has 61 heavy (non-hydrogen) atoms. The zero-order valence-corrected chi connectivity index (χ0v) is 41.0. The predicted molar refractivity (Wildman–Crippen MR) is 268 cm³/mol. The van der Waals surface area contributed by atoms with Crippen molar-refractivity contribution in [3.8, 4) is 0 Å². The lowest BCUT2D eigenvalue weighted by Gasteiger charge is -2.42. The first kappa shape index (κ1) is 46.6. The summed E-state index contributed by atoms with van der Waals surface area (Å²) in [6.07, 6.45) is 34.7. The first-order valence-electron chi connectivity index (χ1n) is 23.8. The number of anilines is 2. The Hall–Kier alpha value is -3.92. The van der Waals surface area contributed by atoms with Crippen molar-refractivity contribution in [1.82, 2.24) is 0 Å². The molecule has 0 bridgehead atoms. The van der Waals surface area contributed by atoms with E-state index in [-0.39, 0.29) is 33.7 Å². The molecule has 0 saturated carbocycles. The minimum absolute atomic E-state index is 0.0212. The van der Waals surface area contributed by atoms with Crippen LogP contribution in [-0.2, 0) is 21.7 Å². The summed E-state index contributed by atoms with van der Waals surface area (Å²) < 4.78 is 7.60. The first-order chi connectivity index (χ1) is 28.6. The van der Waals surface area contributed by atoms with Crippen LogP contribution in [0.4, 0.5) is 11.6 Å². The summed E-state index contributed by atoms with van der Waals surface area (Å²) >= 11 is 0. The van der Waals surface area contributed by atoms with Gasteiger partial charge in [-0.05, 0) is 150 Å². The van der Waals surface area contributed by atoms with Crippen LogP contribution in [0.1, 0.15) is 178 Å². The van der Waals surface area contributed by atoms with E-state index >= 15 is 0 Å². The van der Waals surface area contributed by atoms with Crippen LogP contribution in [0.5, 0.6) is 0 Å². The topological polar surface area (TPSA) is 28.4 Å². The molecular formula is C57H80BN2O. The molecule has 3 nitrogen and oxygen atoms in total. The second kappa shape index (κ2) is 18.4. The average Bonchev–Trinajstić information content (AvgIpc) is 3.59. The highest BCUT2D eigenvalue weighted by atomic mass is 16.4. The van der Waals surface area contributed by atoms with E-state index < -0.39 is 0 Å². The molecule has 1 aromatic carbocycles. The molecule has 4 aliphatic rings. The van der Waals surface area contributed by atoms with Gasteiger partial charge in [0.25, 0.3) is 0 Å². The van der Waals surface area contributed by atoms with Gasteiger partial charge in [0.2, 0.25) is 0 Å². The Labute approximate surface area is 373 Å². The van der Waals surface area contributed by atoms with Crippen LogP contribution in [0.15, 0.2) is 117 Å². The van der Waals surface area contributed by atoms with E-state index in [9.17, 15) is 0 Å². The van der Waals surface area contributed by atoms with Crippen LogP contribution in [0, 0.1) is 11.8 Å². The highest BCUT2D eigenvalue weighted by molar-refractivity contribution is 6.64. The van der Waals surface area contributed by atoms with Gasteiger partial charge in [-0.25, -0.2) is 0 Å². The Morgan fingerprint density at radius 1 is 0.934 bits per heavy atom. The number of nitrogens with one attached hydrogen (secondary N) is 1. The molecule has 0 fully saturated rings. The molecule has 0 amide bonds. The number of rotatable bonds is 13.